The third-order valence-electron chi connectivity index (χ3n) is 3.59. The Labute approximate surface area is 95.4 Å². The van der Waals surface area contributed by atoms with E-state index in [9.17, 15) is 4.79 Å². The van der Waals surface area contributed by atoms with Crippen LogP contribution in [0.15, 0.2) is 48.1 Å². The highest BCUT2D eigenvalue weighted by Gasteiger charge is 2.34. The van der Waals surface area contributed by atoms with Crippen LogP contribution in [0.4, 0.5) is 0 Å². The molecule has 0 aromatic rings. The Balaban J connectivity index is 2.01. The van der Waals surface area contributed by atoms with Gasteiger partial charge in [-0.25, -0.2) is 0 Å². The molecule has 16 heavy (non-hydrogen) atoms. The van der Waals surface area contributed by atoms with E-state index in [0.717, 1.165) is 12.0 Å². The monoisotopic (exact) mass is 213 g/mol. The number of nitrogens with one attached hydrogen (secondary N) is 1. The molecule has 3 rings (SSSR count). The molecular formula is C14H15NO. The van der Waals surface area contributed by atoms with Gasteiger partial charge in [0, 0.05) is 23.5 Å². The Morgan fingerprint density at radius 2 is 2.06 bits per heavy atom. The van der Waals surface area contributed by atoms with E-state index in [0.29, 0.717) is 18.5 Å². The lowest BCUT2D eigenvalue weighted by Gasteiger charge is -2.29. The van der Waals surface area contributed by atoms with E-state index in [-0.39, 0.29) is 11.7 Å². The number of hydrogen-bond acceptors (Lipinski definition) is 2. The first-order valence-electron chi connectivity index (χ1n) is 5.84. The van der Waals surface area contributed by atoms with Gasteiger partial charge in [-0.1, -0.05) is 42.5 Å². The molecule has 0 saturated carbocycles. The summed E-state index contributed by atoms with van der Waals surface area (Å²) in [6.07, 6.45) is 15.8. The average Bonchev–Trinajstić information content (AvgIpc) is 2.49. The summed E-state index contributed by atoms with van der Waals surface area (Å²) in [6, 6.07) is 0.299. The van der Waals surface area contributed by atoms with Gasteiger partial charge in [-0.05, 0) is 6.42 Å². The lowest BCUT2D eigenvalue weighted by molar-refractivity contribution is -0.114. The van der Waals surface area contributed by atoms with Gasteiger partial charge >= 0.3 is 0 Å². The number of fused-ring (bicyclic) bond motifs is 3. The molecule has 2 heteroatoms. The van der Waals surface area contributed by atoms with Crippen LogP contribution in [-0.2, 0) is 4.79 Å². The van der Waals surface area contributed by atoms with E-state index in [1.807, 2.05) is 0 Å². The fourth-order valence-electron chi connectivity index (χ4n) is 2.78. The second-order valence-electron chi connectivity index (χ2n) is 4.53. The van der Waals surface area contributed by atoms with Crippen molar-refractivity contribution in [2.24, 2.45) is 11.8 Å². The highest BCUT2D eigenvalue weighted by Crippen LogP contribution is 2.33. The molecule has 3 unspecified atom stereocenters. The minimum atomic E-state index is 0.255. The molecule has 1 N–H and O–H groups in total. The minimum Gasteiger partial charge on any atom is -0.303 e. The molecule has 0 radical (unpaired) electrons. The number of allylic oxidation sites excluding steroid dienone is 5. The van der Waals surface area contributed by atoms with Gasteiger partial charge in [-0.3, -0.25) is 4.79 Å². The molecule has 1 fully saturated rings. The fourth-order valence-corrected chi connectivity index (χ4v) is 2.78. The van der Waals surface area contributed by atoms with Crippen molar-refractivity contribution in [3.8, 4) is 0 Å². The van der Waals surface area contributed by atoms with E-state index in [4.69, 9.17) is 0 Å². The van der Waals surface area contributed by atoms with Gasteiger partial charge in [-0.15, -0.1) is 0 Å². The molecule has 2 aliphatic carbocycles. The number of carbonyl (C=O) groups excluding carboxylic acids is 1. The number of ketones is 1. The van der Waals surface area contributed by atoms with Crippen LogP contribution < -0.4 is 5.32 Å². The van der Waals surface area contributed by atoms with Crippen molar-refractivity contribution in [2.45, 2.75) is 12.5 Å². The van der Waals surface area contributed by atoms with E-state index in [1.165, 1.54) is 0 Å². The van der Waals surface area contributed by atoms with E-state index in [2.05, 4.69) is 47.8 Å². The van der Waals surface area contributed by atoms with Gasteiger partial charge in [0.15, 0.2) is 5.78 Å². The van der Waals surface area contributed by atoms with Gasteiger partial charge in [0.1, 0.15) is 0 Å². The Hall–Kier alpha value is -1.41. The quantitative estimate of drug-likeness (QED) is 0.621. The molecule has 1 aliphatic heterocycles. The largest absolute Gasteiger partial charge is 0.303 e. The van der Waals surface area contributed by atoms with E-state index in [1.54, 1.807) is 0 Å². The molecule has 0 aromatic heterocycles. The molecule has 2 nitrogen and oxygen atoms in total. The predicted molar refractivity (Wildman–Crippen MR) is 63.9 cm³/mol. The van der Waals surface area contributed by atoms with Crippen LogP contribution >= 0.6 is 0 Å². The second-order valence-corrected chi connectivity index (χ2v) is 4.53. The predicted octanol–water partition coefficient (Wildman–Crippen LogP) is 1.77. The topological polar surface area (TPSA) is 29.1 Å². The summed E-state index contributed by atoms with van der Waals surface area (Å²) in [5, 5.41) is 3.33. The smallest absolute Gasteiger partial charge is 0.172 e. The molecule has 0 amide bonds. The Bertz CT molecular complexity index is 428. The fraction of sp³-hybridized carbons (Fsp3) is 0.357. The van der Waals surface area contributed by atoms with Crippen LogP contribution in [0, 0.1) is 11.8 Å². The molecule has 1 saturated heterocycles. The first kappa shape index (κ1) is 9.79. The minimum absolute atomic E-state index is 0.255. The molecule has 0 aromatic carbocycles. The summed E-state index contributed by atoms with van der Waals surface area (Å²) in [5.41, 5.74) is 1.00. The molecule has 0 bridgehead atoms. The van der Waals surface area contributed by atoms with Gasteiger partial charge in [0.2, 0.25) is 0 Å². The number of hydrogen-bond donors (Lipinski definition) is 1. The summed E-state index contributed by atoms with van der Waals surface area (Å²) < 4.78 is 0. The Kier molecular flexibility index (Phi) is 2.37. The molecular weight excluding hydrogens is 198 g/mol. The molecule has 3 atom stereocenters. The standard InChI is InChI=1S/C14H15NO/c16-14-9-15-13-8-4-3-6-11(13)10-5-1-2-7-12(10)14/h1,3-8,10-11,13,15H,2,9H2. The van der Waals surface area contributed by atoms with Crippen molar-refractivity contribution in [3.05, 3.63) is 48.1 Å². The average molecular weight is 213 g/mol. The van der Waals surface area contributed by atoms with Crippen LogP contribution in [0.5, 0.6) is 0 Å². The summed E-state index contributed by atoms with van der Waals surface area (Å²) in [7, 11) is 0. The van der Waals surface area contributed by atoms with Gasteiger partial charge in [-0.2, -0.15) is 0 Å². The molecule has 3 aliphatic rings. The summed E-state index contributed by atoms with van der Waals surface area (Å²) in [6.45, 7) is 0.468. The van der Waals surface area contributed by atoms with E-state index >= 15 is 0 Å². The third-order valence-corrected chi connectivity index (χ3v) is 3.59. The normalized spacial score (nSPS) is 36.4. The zero-order valence-electron chi connectivity index (χ0n) is 9.10. The first-order valence-corrected chi connectivity index (χ1v) is 5.84. The lowest BCUT2D eigenvalue weighted by atomic mass is 9.77. The maximum atomic E-state index is 12.0. The van der Waals surface area contributed by atoms with Crippen LogP contribution in [0.3, 0.4) is 0 Å². The van der Waals surface area contributed by atoms with Crippen LogP contribution in [0.2, 0.25) is 0 Å². The van der Waals surface area contributed by atoms with Crippen LogP contribution in [0.1, 0.15) is 6.42 Å². The van der Waals surface area contributed by atoms with Gasteiger partial charge < -0.3 is 5.32 Å². The Morgan fingerprint density at radius 3 is 3.00 bits per heavy atom. The van der Waals surface area contributed by atoms with Crippen molar-refractivity contribution in [1.29, 1.82) is 0 Å². The summed E-state index contributed by atoms with van der Waals surface area (Å²) >= 11 is 0. The van der Waals surface area contributed by atoms with Gasteiger partial charge in [0.25, 0.3) is 0 Å². The van der Waals surface area contributed by atoms with Crippen molar-refractivity contribution in [2.75, 3.05) is 6.54 Å². The number of rotatable bonds is 0. The number of carbonyl (C=O) groups is 1. The highest BCUT2D eigenvalue weighted by molar-refractivity contribution is 5.98. The first-order chi connectivity index (χ1) is 7.86. The SMILES string of the molecule is O=C1CNC2C=CC=CC2C2C=CCC=C12. The zero-order valence-corrected chi connectivity index (χ0v) is 9.10. The molecule has 0 spiro atoms. The maximum Gasteiger partial charge on any atom is 0.172 e. The van der Waals surface area contributed by atoms with E-state index < -0.39 is 0 Å². The Morgan fingerprint density at radius 1 is 1.19 bits per heavy atom. The van der Waals surface area contributed by atoms with Crippen LogP contribution in [-0.4, -0.2) is 18.4 Å². The van der Waals surface area contributed by atoms with Crippen molar-refractivity contribution in [1.82, 2.24) is 5.32 Å². The third kappa shape index (κ3) is 1.50. The highest BCUT2D eigenvalue weighted by atomic mass is 16.1. The van der Waals surface area contributed by atoms with Crippen LogP contribution in [0.25, 0.3) is 0 Å². The number of Topliss-reactive ketones (excluding diaryl/α,β-unsaturated/α-hetero) is 1. The zero-order chi connectivity index (χ0) is 11.0. The molecule has 1 heterocycles. The summed E-state index contributed by atoms with van der Waals surface area (Å²) in [4.78, 5) is 12.0. The van der Waals surface area contributed by atoms with Crippen molar-refractivity contribution >= 4 is 5.78 Å². The lowest BCUT2D eigenvalue weighted by Crippen LogP contribution is -2.36. The van der Waals surface area contributed by atoms with Gasteiger partial charge in [0.05, 0.1) is 6.54 Å². The molecule has 82 valence electrons. The van der Waals surface area contributed by atoms with Crippen molar-refractivity contribution < 1.29 is 4.79 Å². The van der Waals surface area contributed by atoms with Crippen molar-refractivity contribution in [3.63, 3.8) is 0 Å². The maximum absolute atomic E-state index is 12.0. The summed E-state index contributed by atoms with van der Waals surface area (Å²) in [5.74, 6) is 0.909. The second kappa shape index (κ2) is 3.87.